The van der Waals surface area contributed by atoms with Crippen molar-refractivity contribution in [3.05, 3.63) is 249 Å². The van der Waals surface area contributed by atoms with E-state index in [0.29, 0.717) is 0 Å². The molecule has 11 rings (SSSR count). The molecule has 0 amide bonds. The minimum absolute atomic E-state index is 0.876. The second-order valence-electron chi connectivity index (χ2n) is 15.7. The Morgan fingerprint density at radius 3 is 1.24 bits per heavy atom. The number of hydrogen-bond acceptors (Lipinski definition) is 2. The molecule has 0 aliphatic rings. The van der Waals surface area contributed by atoms with Gasteiger partial charge in [0.05, 0.1) is 0 Å². The van der Waals surface area contributed by atoms with E-state index in [-0.39, 0.29) is 0 Å². The van der Waals surface area contributed by atoms with Gasteiger partial charge in [-0.2, -0.15) is 0 Å². The first-order valence-corrected chi connectivity index (χ1v) is 21.2. The molecule has 11 aromatic rings. The van der Waals surface area contributed by atoms with Crippen molar-refractivity contribution in [2.45, 2.75) is 0 Å². The summed E-state index contributed by atoms with van der Waals surface area (Å²) in [5.74, 6) is 0.876. The van der Waals surface area contributed by atoms with Crippen molar-refractivity contribution in [3.8, 4) is 67.0 Å². The summed E-state index contributed by atoms with van der Waals surface area (Å²) in [6, 6.07) is 89.0. The largest absolute Gasteiger partial charge is 0.456 e. The summed E-state index contributed by atoms with van der Waals surface area (Å²) < 4.78 is 6.29. The Labute approximate surface area is 362 Å². The van der Waals surface area contributed by atoms with E-state index < -0.39 is 0 Å². The summed E-state index contributed by atoms with van der Waals surface area (Å²) in [5, 5.41) is 3.53. The summed E-state index contributed by atoms with van der Waals surface area (Å²) >= 11 is 0. The maximum atomic E-state index is 6.29. The highest BCUT2D eigenvalue weighted by molar-refractivity contribution is 5.94. The van der Waals surface area contributed by atoms with Crippen molar-refractivity contribution in [2.75, 3.05) is 4.90 Å². The Morgan fingerprint density at radius 1 is 0.242 bits per heavy atom. The number of furan rings is 1. The zero-order valence-corrected chi connectivity index (χ0v) is 34.0. The molecule has 1 aromatic heterocycles. The van der Waals surface area contributed by atoms with Crippen LogP contribution in [-0.4, -0.2) is 0 Å². The van der Waals surface area contributed by atoms with Crippen molar-refractivity contribution >= 4 is 38.8 Å². The Kier molecular flexibility index (Phi) is 9.57. The average Bonchev–Trinajstić information content (AvgIpc) is 3.80. The molecule has 2 heteroatoms. The number of para-hydroxylation sites is 1. The second-order valence-corrected chi connectivity index (χ2v) is 15.7. The molecule has 1 heterocycles. The van der Waals surface area contributed by atoms with Crippen molar-refractivity contribution in [2.24, 2.45) is 0 Å². The van der Waals surface area contributed by atoms with Gasteiger partial charge in [-0.1, -0.05) is 200 Å². The quantitative estimate of drug-likeness (QED) is 0.145. The van der Waals surface area contributed by atoms with Gasteiger partial charge in [0.2, 0.25) is 0 Å². The highest BCUT2D eigenvalue weighted by atomic mass is 16.3. The zero-order valence-electron chi connectivity index (χ0n) is 34.0. The normalized spacial score (nSPS) is 11.2. The van der Waals surface area contributed by atoms with Gasteiger partial charge in [-0.15, -0.1) is 0 Å². The molecule has 0 unspecified atom stereocenters. The molecule has 292 valence electrons. The lowest BCUT2D eigenvalue weighted by molar-refractivity contribution is 0.632. The van der Waals surface area contributed by atoms with Crippen LogP contribution in [0.15, 0.2) is 253 Å². The topological polar surface area (TPSA) is 16.4 Å². The number of rotatable bonds is 9. The molecule has 0 radical (unpaired) electrons. The molecular weight excluding hydrogens is 751 g/mol. The van der Waals surface area contributed by atoms with Gasteiger partial charge in [-0.05, 0) is 115 Å². The van der Waals surface area contributed by atoms with Crippen LogP contribution in [-0.2, 0) is 0 Å². The molecular formula is C60H41NO. The molecule has 0 bridgehead atoms. The van der Waals surface area contributed by atoms with Gasteiger partial charge in [0, 0.05) is 28.0 Å². The Hall–Kier alpha value is -8.20. The summed E-state index contributed by atoms with van der Waals surface area (Å²) in [7, 11) is 0. The van der Waals surface area contributed by atoms with Crippen LogP contribution in [0.4, 0.5) is 17.1 Å². The molecule has 0 spiro atoms. The predicted molar refractivity (Wildman–Crippen MR) is 261 cm³/mol. The van der Waals surface area contributed by atoms with Gasteiger partial charge in [-0.25, -0.2) is 0 Å². The lowest BCUT2D eigenvalue weighted by Crippen LogP contribution is -2.09. The minimum Gasteiger partial charge on any atom is -0.456 e. The molecule has 0 aliphatic carbocycles. The van der Waals surface area contributed by atoms with E-state index in [4.69, 9.17) is 4.42 Å². The predicted octanol–water partition coefficient (Wildman–Crippen LogP) is 17.1. The first kappa shape index (κ1) is 36.8. The maximum absolute atomic E-state index is 6.29. The highest BCUT2D eigenvalue weighted by Gasteiger charge is 2.17. The van der Waals surface area contributed by atoms with Crippen LogP contribution in [0, 0.1) is 0 Å². The Balaban J connectivity index is 0.923. The molecule has 0 saturated heterocycles. The summed E-state index contributed by atoms with van der Waals surface area (Å²) in [5.41, 5.74) is 17.1. The monoisotopic (exact) mass is 791 g/mol. The van der Waals surface area contributed by atoms with Gasteiger partial charge in [0.1, 0.15) is 11.3 Å². The summed E-state index contributed by atoms with van der Waals surface area (Å²) in [6.45, 7) is 0. The fraction of sp³-hybridized carbons (Fsp3) is 0. The van der Waals surface area contributed by atoms with Crippen LogP contribution in [0.1, 0.15) is 0 Å². The second kappa shape index (κ2) is 16.1. The van der Waals surface area contributed by atoms with E-state index in [1.54, 1.807) is 0 Å². The first-order valence-electron chi connectivity index (χ1n) is 21.2. The van der Waals surface area contributed by atoms with Crippen molar-refractivity contribution < 1.29 is 4.42 Å². The number of fused-ring (bicyclic) bond motifs is 2. The third-order valence-electron chi connectivity index (χ3n) is 11.9. The Morgan fingerprint density at radius 2 is 0.645 bits per heavy atom. The molecule has 0 aliphatic heterocycles. The van der Waals surface area contributed by atoms with Gasteiger partial charge in [0.15, 0.2) is 0 Å². The van der Waals surface area contributed by atoms with Crippen LogP contribution in [0.5, 0.6) is 0 Å². The van der Waals surface area contributed by atoms with Crippen LogP contribution in [0.2, 0.25) is 0 Å². The van der Waals surface area contributed by atoms with Gasteiger partial charge < -0.3 is 9.32 Å². The van der Waals surface area contributed by atoms with Crippen LogP contribution in [0.25, 0.3) is 88.7 Å². The highest BCUT2D eigenvalue weighted by Crippen LogP contribution is 2.42. The van der Waals surface area contributed by atoms with Crippen molar-refractivity contribution in [3.63, 3.8) is 0 Å². The zero-order chi connectivity index (χ0) is 41.2. The molecule has 0 fully saturated rings. The van der Waals surface area contributed by atoms with E-state index >= 15 is 0 Å². The number of hydrogen-bond donors (Lipinski definition) is 0. The Bertz CT molecular complexity index is 3290. The van der Waals surface area contributed by atoms with E-state index in [0.717, 1.165) is 61.6 Å². The summed E-state index contributed by atoms with van der Waals surface area (Å²) in [6.07, 6.45) is 0. The molecule has 62 heavy (non-hydrogen) atoms. The lowest BCUT2D eigenvalue weighted by Gasteiger charge is -2.26. The molecule has 0 saturated carbocycles. The van der Waals surface area contributed by atoms with Crippen LogP contribution in [0.3, 0.4) is 0 Å². The summed E-state index contributed by atoms with van der Waals surface area (Å²) in [4.78, 5) is 2.36. The smallest absolute Gasteiger partial charge is 0.136 e. The van der Waals surface area contributed by atoms with Crippen LogP contribution < -0.4 is 4.90 Å². The third kappa shape index (κ3) is 7.04. The minimum atomic E-state index is 0.876. The number of nitrogens with zero attached hydrogens (tertiary/aromatic N) is 1. The fourth-order valence-electron chi connectivity index (χ4n) is 8.82. The molecule has 0 N–H and O–H groups in total. The van der Waals surface area contributed by atoms with Gasteiger partial charge in [-0.3, -0.25) is 0 Å². The lowest BCUT2D eigenvalue weighted by atomic mass is 9.89. The molecule has 0 atom stereocenters. The van der Waals surface area contributed by atoms with Crippen LogP contribution >= 0.6 is 0 Å². The van der Waals surface area contributed by atoms with E-state index in [1.165, 1.54) is 44.2 Å². The average molecular weight is 792 g/mol. The first-order chi connectivity index (χ1) is 30.7. The SMILES string of the molecule is c1ccc(-c2ccccc2-c2ccccc2-c2ccc(N(c3ccc(-c4ccc(-c5ccccc5-c5cc6ccccc6o5)cc4)cc3)c3ccc4ccccc4c3)cc2)cc1. The standard InChI is InChI=1S/C60H41NO/c1-2-15-45(16-3-1)53-19-7-10-22-56(53)57-23-11-8-20-54(57)47-33-37-51(38-34-47)61(52-39-32-42-14-4-5-17-48(42)40-52)50-35-30-44(31-36-50)43-26-28-46(29-27-43)55-21-9-12-24-58(55)60-41-49-18-6-13-25-59(49)62-60/h1-41H. The van der Waals surface area contributed by atoms with E-state index in [9.17, 15) is 0 Å². The van der Waals surface area contributed by atoms with Gasteiger partial charge >= 0.3 is 0 Å². The molecule has 2 nitrogen and oxygen atoms in total. The number of benzene rings is 10. The van der Waals surface area contributed by atoms with Gasteiger partial charge in [0.25, 0.3) is 0 Å². The fourth-order valence-corrected chi connectivity index (χ4v) is 8.82. The molecule has 10 aromatic carbocycles. The van der Waals surface area contributed by atoms with E-state index in [1.807, 2.05) is 18.2 Å². The number of anilines is 3. The van der Waals surface area contributed by atoms with E-state index in [2.05, 4.69) is 235 Å². The van der Waals surface area contributed by atoms with Crippen molar-refractivity contribution in [1.82, 2.24) is 0 Å². The third-order valence-corrected chi connectivity index (χ3v) is 11.9. The maximum Gasteiger partial charge on any atom is 0.136 e. The van der Waals surface area contributed by atoms with Crippen molar-refractivity contribution in [1.29, 1.82) is 0 Å².